The number of aliphatic carboxylic acids is 1. The molecule has 1 aromatic rings. The third-order valence-corrected chi connectivity index (χ3v) is 5.28. The van der Waals surface area contributed by atoms with Crippen LogP contribution in [0.1, 0.15) is 51.5 Å². The average molecular weight is 405 g/mol. The van der Waals surface area contributed by atoms with Gasteiger partial charge in [-0.2, -0.15) is 0 Å². The molecule has 0 aromatic heterocycles. The summed E-state index contributed by atoms with van der Waals surface area (Å²) in [4.78, 5) is 38.2. The summed E-state index contributed by atoms with van der Waals surface area (Å²) in [6, 6.07) is 8.36. The van der Waals surface area contributed by atoms with Crippen LogP contribution in [0.15, 0.2) is 30.3 Å². The van der Waals surface area contributed by atoms with Crippen LogP contribution in [0, 0.1) is 0 Å². The number of carboxylic acid groups (broad SMARTS) is 1. The zero-order chi connectivity index (χ0) is 21.2. The van der Waals surface area contributed by atoms with E-state index in [0.29, 0.717) is 25.8 Å². The first-order valence-electron chi connectivity index (χ1n) is 10.4. The summed E-state index contributed by atoms with van der Waals surface area (Å²) in [5.74, 6) is -1.43. The minimum atomic E-state index is -0.900. The van der Waals surface area contributed by atoms with Gasteiger partial charge in [-0.25, -0.2) is 0 Å². The summed E-state index contributed by atoms with van der Waals surface area (Å²) in [6.07, 6.45) is 3.63. The number of hydrogen-bond acceptors (Lipinski definition) is 5. The van der Waals surface area contributed by atoms with Gasteiger partial charge in [0.15, 0.2) is 0 Å². The maximum absolute atomic E-state index is 13.0. The van der Waals surface area contributed by atoms with E-state index < -0.39 is 18.1 Å². The summed E-state index contributed by atoms with van der Waals surface area (Å²) < 4.78 is 5.19. The quantitative estimate of drug-likeness (QED) is 0.582. The third-order valence-electron chi connectivity index (χ3n) is 5.28. The Hall–Kier alpha value is -2.41. The fourth-order valence-corrected chi connectivity index (χ4v) is 3.79. The number of esters is 1. The van der Waals surface area contributed by atoms with Gasteiger partial charge in [0.05, 0.1) is 19.1 Å². The second-order valence-corrected chi connectivity index (χ2v) is 7.50. The number of aryl methyl sites for hydroxylation is 1. The van der Waals surface area contributed by atoms with Crippen LogP contribution in [-0.4, -0.2) is 59.1 Å². The lowest BCUT2D eigenvalue weighted by atomic mass is 9.98. The number of ether oxygens (including phenoxy) is 1. The molecule has 0 unspecified atom stereocenters. The highest BCUT2D eigenvalue weighted by Gasteiger charge is 2.33. The van der Waals surface area contributed by atoms with Crippen molar-refractivity contribution in [1.82, 2.24) is 10.2 Å². The summed E-state index contributed by atoms with van der Waals surface area (Å²) in [5.41, 5.74) is 1.11. The fraction of sp³-hybridized carbons (Fsp3) is 0.591. The second kappa shape index (κ2) is 11.6. The first-order chi connectivity index (χ1) is 13.9. The van der Waals surface area contributed by atoms with E-state index in [1.807, 2.05) is 30.3 Å². The van der Waals surface area contributed by atoms with E-state index in [1.54, 1.807) is 18.7 Å². The first kappa shape index (κ1) is 22.9. The maximum Gasteiger partial charge on any atom is 0.323 e. The molecule has 7 nitrogen and oxygen atoms in total. The van der Waals surface area contributed by atoms with E-state index in [9.17, 15) is 14.4 Å². The van der Waals surface area contributed by atoms with Crippen molar-refractivity contribution < 1.29 is 24.2 Å². The van der Waals surface area contributed by atoms with Crippen molar-refractivity contribution >= 4 is 17.8 Å². The standard InChI is InChI=1S/C22H32N2O5/c1-3-29-22(28)19(13-12-17-9-5-4-6-10-17)23-16(2)21(27)24-14-8-7-11-18(24)15-20(25)26/h4-6,9-10,16,18-19,23H,3,7-8,11-15H2,1-2H3,(H,25,26)/t16-,18-,19-/m0/s1. The van der Waals surface area contributed by atoms with Gasteiger partial charge in [0.2, 0.25) is 5.91 Å². The largest absolute Gasteiger partial charge is 0.481 e. The van der Waals surface area contributed by atoms with Crippen molar-refractivity contribution in [3.8, 4) is 0 Å². The number of nitrogens with zero attached hydrogens (tertiary/aromatic N) is 1. The topological polar surface area (TPSA) is 95.9 Å². The number of likely N-dealkylation sites (tertiary alicyclic amines) is 1. The Morgan fingerprint density at radius 3 is 2.62 bits per heavy atom. The van der Waals surface area contributed by atoms with Gasteiger partial charge in [-0.3, -0.25) is 19.7 Å². The Kier molecular flexibility index (Phi) is 9.12. The van der Waals surface area contributed by atoms with Gasteiger partial charge in [-0.1, -0.05) is 30.3 Å². The Morgan fingerprint density at radius 1 is 1.24 bits per heavy atom. The summed E-state index contributed by atoms with van der Waals surface area (Å²) in [7, 11) is 0. The Morgan fingerprint density at radius 2 is 1.97 bits per heavy atom. The van der Waals surface area contributed by atoms with Crippen LogP contribution in [-0.2, 0) is 25.5 Å². The van der Waals surface area contributed by atoms with Crippen molar-refractivity contribution in [2.75, 3.05) is 13.2 Å². The predicted molar refractivity (Wildman–Crippen MR) is 109 cm³/mol. The van der Waals surface area contributed by atoms with E-state index in [1.165, 1.54) is 0 Å². The van der Waals surface area contributed by atoms with Crippen LogP contribution < -0.4 is 5.32 Å². The lowest BCUT2D eigenvalue weighted by Crippen LogP contribution is -2.55. The molecule has 2 N–H and O–H groups in total. The van der Waals surface area contributed by atoms with E-state index >= 15 is 0 Å². The zero-order valence-electron chi connectivity index (χ0n) is 17.3. The van der Waals surface area contributed by atoms with Crippen molar-refractivity contribution in [3.63, 3.8) is 0 Å². The minimum absolute atomic E-state index is 0.0478. The van der Waals surface area contributed by atoms with Crippen LogP contribution in [0.2, 0.25) is 0 Å². The van der Waals surface area contributed by atoms with Gasteiger partial charge in [-0.05, 0) is 51.5 Å². The van der Waals surface area contributed by atoms with Crippen molar-refractivity contribution in [3.05, 3.63) is 35.9 Å². The van der Waals surface area contributed by atoms with Gasteiger partial charge in [0.25, 0.3) is 0 Å². The number of nitrogens with one attached hydrogen (secondary N) is 1. The molecule has 3 atom stereocenters. The van der Waals surface area contributed by atoms with Crippen LogP contribution in [0.4, 0.5) is 0 Å². The number of rotatable bonds is 10. The van der Waals surface area contributed by atoms with Crippen LogP contribution in [0.3, 0.4) is 0 Å². The molecule has 0 radical (unpaired) electrons. The number of benzene rings is 1. The predicted octanol–water partition coefficient (Wildman–Crippen LogP) is 2.38. The number of carboxylic acids is 1. The zero-order valence-corrected chi connectivity index (χ0v) is 17.3. The molecule has 1 fully saturated rings. The lowest BCUT2D eigenvalue weighted by molar-refractivity contribution is -0.146. The Bertz CT molecular complexity index is 679. The Labute approximate surface area is 172 Å². The second-order valence-electron chi connectivity index (χ2n) is 7.50. The SMILES string of the molecule is CCOC(=O)[C@H](CCc1ccccc1)N[C@@H](C)C(=O)N1CCCC[C@H]1CC(=O)O. The molecular formula is C22H32N2O5. The molecule has 29 heavy (non-hydrogen) atoms. The van der Waals surface area contributed by atoms with Gasteiger partial charge < -0.3 is 14.7 Å². The molecule has 1 aliphatic heterocycles. The summed E-state index contributed by atoms with van der Waals surface area (Å²) in [6.45, 7) is 4.31. The van der Waals surface area contributed by atoms with Gasteiger partial charge >= 0.3 is 11.9 Å². The number of hydrogen-bond donors (Lipinski definition) is 2. The molecule has 7 heteroatoms. The molecule has 0 aliphatic carbocycles. The van der Waals surface area contributed by atoms with E-state index in [2.05, 4.69) is 5.32 Å². The Balaban J connectivity index is 2.02. The van der Waals surface area contributed by atoms with Crippen LogP contribution in [0.25, 0.3) is 0 Å². The van der Waals surface area contributed by atoms with Gasteiger partial charge in [-0.15, -0.1) is 0 Å². The number of amides is 1. The molecular weight excluding hydrogens is 372 g/mol. The maximum atomic E-state index is 13.0. The van der Waals surface area contributed by atoms with E-state index in [0.717, 1.165) is 18.4 Å². The number of piperidine rings is 1. The van der Waals surface area contributed by atoms with Crippen molar-refractivity contribution in [1.29, 1.82) is 0 Å². The minimum Gasteiger partial charge on any atom is -0.481 e. The smallest absolute Gasteiger partial charge is 0.323 e. The number of carbonyl (C=O) groups is 3. The molecule has 160 valence electrons. The van der Waals surface area contributed by atoms with Crippen LogP contribution >= 0.6 is 0 Å². The molecule has 1 aromatic carbocycles. The lowest BCUT2D eigenvalue weighted by Gasteiger charge is -2.37. The average Bonchev–Trinajstić information content (AvgIpc) is 2.71. The molecule has 1 aliphatic rings. The van der Waals surface area contributed by atoms with Crippen molar-refractivity contribution in [2.24, 2.45) is 0 Å². The van der Waals surface area contributed by atoms with Gasteiger partial charge in [0.1, 0.15) is 6.04 Å². The fourth-order valence-electron chi connectivity index (χ4n) is 3.79. The van der Waals surface area contributed by atoms with E-state index in [4.69, 9.17) is 9.84 Å². The summed E-state index contributed by atoms with van der Waals surface area (Å²) >= 11 is 0. The number of carbonyl (C=O) groups excluding carboxylic acids is 2. The normalized spacial score (nSPS) is 18.7. The molecule has 0 saturated carbocycles. The highest BCUT2D eigenvalue weighted by atomic mass is 16.5. The monoisotopic (exact) mass is 404 g/mol. The molecule has 1 amide bonds. The first-order valence-corrected chi connectivity index (χ1v) is 10.4. The van der Waals surface area contributed by atoms with E-state index in [-0.39, 0.29) is 30.9 Å². The molecule has 1 heterocycles. The van der Waals surface area contributed by atoms with Crippen molar-refractivity contribution in [2.45, 2.75) is 70.5 Å². The summed E-state index contributed by atoms with van der Waals surface area (Å²) in [5, 5.41) is 12.3. The molecule has 1 saturated heterocycles. The van der Waals surface area contributed by atoms with Gasteiger partial charge in [0, 0.05) is 12.6 Å². The molecule has 0 spiro atoms. The van der Waals surface area contributed by atoms with Crippen LogP contribution in [0.5, 0.6) is 0 Å². The highest BCUT2D eigenvalue weighted by molar-refractivity contribution is 5.84. The highest BCUT2D eigenvalue weighted by Crippen LogP contribution is 2.21. The molecule has 2 rings (SSSR count). The third kappa shape index (κ3) is 7.16. The molecule has 0 bridgehead atoms.